The van der Waals surface area contributed by atoms with Gasteiger partial charge in [0.05, 0.1) is 17.8 Å². The molecule has 110 valence electrons. The fourth-order valence-corrected chi connectivity index (χ4v) is 2.54. The van der Waals surface area contributed by atoms with Crippen molar-refractivity contribution < 1.29 is 9.53 Å². The van der Waals surface area contributed by atoms with Crippen molar-refractivity contribution in [3.63, 3.8) is 0 Å². The van der Waals surface area contributed by atoms with E-state index in [2.05, 4.69) is 15.1 Å². The summed E-state index contributed by atoms with van der Waals surface area (Å²) in [7, 11) is 2.00. The Labute approximate surface area is 123 Å². The molecule has 0 amide bonds. The van der Waals surface area contributed by atoms with Crippen LogP contribution in [0.2, 0.25) is 0 Å². The summed E-state index contributed by atoms with van der Waals surface area (Å²) in [6.07, 6.45) is 2.52. The van der Waals surface area contributed by atoms with E-state index in [1.807, 2.05) is 31.3 Å². The van der Waals surface area contributed by atoms with Crippen molar-refractivity contribution in [1.29, 1.82) is 0 Å². The maximum atomic E-state index is 12.2. The molecule has 2 aromatic rings. The fraction of sp³-hybridized carbons (Fsp3) is 0.438. The molecule has 21 heavy (non-hydrogen) atoms. The first kappa shape index (κ1) is 13.8. The minimum absolute atomic E-state index is 0.304. The average Bonchev–Trinajstić information content (AvgIpc) is 3.30. The predicted molar refractivity (Wildman–Crippen MR) is 81.5 cm³/mol. The third-order valence-electron chi connectivity index (χ3n) is 3.72. The van der Waals surface area contributed by atoms with E-state index in [4.69, 9.17) is 4.74 Å². The summed E-state index contributed by atoms with van der Waals surface area (Å²) >= 11 is 0. The normalized spacial score (nSPS) is 14.2. The number of esters is 1. The van der Waals surface area contributed by atoms with Crippen LogP contribution in [0.5, 0.6) is 0 Å². The van der Waals surface area contributed by atoms with Gasteiger partial charge in [-0.2, -0.15) is 0 Å². The number of nitrogens with zero attached hydrogens (tertiary/aromatic N) is 3. The monoisotopic (exact) mass is 285 g/mol. The second-order valence-corrected chi connectivity index (χ2v) is 5.46. The molecule has 0 saturated heterocycles. The molecule has 1 saturated carbocycles. The highest BCUT2D eigenvalue weighted by atomic mass is 16.5. The second kappa shape index (κ2) is 5.68. The Balaban J connectivity index is 2.09. The molecule has 1 aromatic heterocycles. The van der Waals surface area contributed by atoms with E-state index in [1.54, 1.807) is 6.92 Å². The van der Waals surface area contributed by atoms with Gasteiger partial charge in [-0.1, -0.05) is 18.2 Å². The Morgan fingerprint density at radius 1 is 1.33 bits per heavy atom. The second-order valence-electron chi connectivity index (χ2n) is 5.46. The average molecular weight is 285 g/mol. The highest BCUT2D eigenvalue weighted by molar-refractivity contribution is 6.03. The number of anilines is 1. The number of rotatable bonds is 5. The summed E-state index contributed by atoms with van der Waals surface area (Å²) in [6, 6.07) is 7.76. The van der Waals surface area contributed by atoms with E-state index in [9.17, 15) is 4.79 Å². The van der Waals surface area contributed by atoms with Gasteiger partial charge in [-0.05, 0) is 31.7 Å². The quantitative estimate of drug-likeness (QED) is 0.790. The molecule has 1 aromatic carbocycles. The van der Waals surface area contributed by atoms with Crippen molar-refractivity contribution in [2.45, 2.75) is 19.8 Å². The molecule has 0 atom stereocenters. The largest absolute Gasteiger partial charge is 0.461 e. The van der Waals surface area contributed by atoms with E-state index in [-0.39, 0.29) is 0 Å². The highest BCUT2D eigenvalue weighted by Crippen LogP contribution is 2.34. The van der Waals surface area contributed by atoms with Crippen LogP contribution in [0.25, 0.3) is 10.9 Å². The number of carbonyl (C=O) groups excluding carboxylic acids is 1. The third-order valence-corrected chi connectivity index (χ3v) is 3.72. The van der Waals surface area contributed by atoms with E-state index in [0.717, 1.165) is 29.1 Å². The van der Waals surface area contributed by atoms with Crippen molar-refractivity contribution in [2.75, 3.05) is 25.1 Å². The summed E-state index contributed by atoms with van der Waals surface area (Å²) in [6.45, 7) is 3.06. The summed E-state index contributed by atoms with van der Waals surface area (Å²) in [5, 5.41) is 9.20. The fourth-order valence-electron chi connectivity index (χ4n) is 2.54. The number of carbonyl (C=O) groups is 1. The third kappa shape index (κ3) is 2.82. The van der Waals surface area contributed by atoms with Gasteiger partial charge in [0, 0.05) is 19.0 Å². The first-order valence-corrected chi connectivity index (χ1v) is 7.34. The van der Waals surface area contributed by atoms with Crippen LogP contribution < -0.4 is 4.90 Å². The van der Waals surface area contributed by atoms with Crippen LogP contribution in [0, 0.1) is 5.92 Å². The minimum atomic E-state index is -0.409. The summed E-state index contributed by atoms with van der Waals surface area (Å²) in [5.41, 5.74) is 1.92. The minimum Gasteiger partial charge on any atom is -0.461 e. The number of hydrogen-bond acceptors (Lipinski definition) is 5. The standard InChI is InChI=1S/C16H19N3O2/c1-3-21-16(20)14-15(19(2)10-11-8-9-11)12-6-4-5-7-13(12)17-18-14/h4-7,11H,3,8-10H2,1-2H3. The van der Waals surface area contributed by atoms with Crippen molar-refractivity contribution in [1.82, 2.24) is 10.2 Å². The van der Waals surface area contributed by atoms with Gasteiger partial charge in [0.1, 0.15) is 0 Å². The van der Waals surface area contributed by atoms with Gasteiger partial charge in [0.2, 0.25) is 0 Å². The van der Waals surface area contributed by atoms with Crippen LogP contribution in [0.4, 0.5) is 5.69 Å². The lowest BCUT2D eigenvalue weighted by molar-refractivity contribution is 0.0519. The Hall–Kier alpha value is -2.17. The van der Waals surface area contributed by atoms with Crippen LogP contribution in [0.1, 0.15) is 30.3 Å². The van der Waals surface area contributed by atoms with E-state index < -0.39 is 5.97 Å². The van der Waals surface area contributed by atoms with Crippen molar-refractivity contribution in [2.24, 2.45) is 5.92 Å². The molecule has 0 N–H and O–H groups in total. The number of ether oxygens (including phenoxy) is 1. The van der Waals surface area contributed by atoms with Gasteiger partial charge in [-0.25, -0.2) is 4.79 Å². The molecule has 1 fully saturated rings. The van der Waals surface area contributed by atoms with Crippen LogP contribution in [0.3, 0.4) is 0 Å². The van der Waals surface area contributed by atoms with Gasteiger partial charge < -0.3 is 9.64 Å². The smallest absolute Gasteiger partial charge is 0.361 e. The maximum Gasteiger partial charge on any atom is 0.361 e. The Morgan fingerprint density at radius 2 is 2.10 bits per heavy atom. The molecule has 0 spiro atoms. The number of hydrogen-bond donors (Lipinski definition) is 0. The SMILES string of the molecule is CCOC(=O)c1nnc2ccccc2c1N(C)CC1CC1. The molecule has 0 aliphatic heterocycles. The zero-order valence-electron chi connectivity index (χ0n) is 12.4. The topological polar surface area (TPSA) is 55.3 Å². The molecule has 3 rings (SSSR count). The Morgan fingerprint density at radius 3 is 2.81 bits per heavy atom. The molecular weight excluding hydrogens is 266 g/mol. The lowest BCUT2D eigenvalue weighted by atomic mass is 10.1. The summed E-state index contributed by atoms with van der Waals surface area (Å²) in [5.74, 6) is 0.311. The highest BCUT2D eigenvalue weighted by Gasteiger charge is 2.27. The van der Waals surface area contributed by atoms with Gasteiger partial charge in [-0.3, -0.25) is 0 Å². The van der Waals surface area contributed by atoms with Crippen LogP contribution in [-0.2, 0) is 4.74 Å². The van der Waals surface area contributed by atoms with Crippen molar-refractivity contribution in [3.8, 4) is 0 Å². The molecule has 5 nitrogen and oxygen atoms in total. The predicted octanol–water partition coefficient (Wildman–Crippen LogP) is 2.65. The number of aromatic nitrogens is 2. The van der Waals surface area contributed by atoms with Gasteiger partial charge >= 0.3 is 5.97 Å². The lowest BCUT2D eigenvalue weighted by Crippen LogP contribution is -2.24. The van der Waals surface area contributed by atoms with Crippen LogP contribution in [-0.4, -0.2) is 36.4 Å². The van der Waals surface area contributed by atoms with Gasteiger partial charge in [-0.15, -0.1) is 10.2 Å². The first-order valence-electron chi connectivity index (χ1n) is 7.34. The van der Waals surface area contributed by atoms with Crippen molar-refractivity contribution in [3.05, 3.63) is 30.0 Å². The molecule has 5 heteroatoms. The Bertz CT molecular complexity index is 668. The molecular formula is C16H19N3O2. The van der Waals surface area contributed by atoms with Crippen LogP contribution >= 0.6 is 0 Å². The number of fused-ring (bicyclic) bond motifs is 1. The molecule has 0 bridgehead atoms. The number of benzene rings is 1. The first-order chi connectivity index (χ1) is 10.2. The zero-order valence-corrected chi connectivity index (χ0v) is 12.4. The van der Waals surface area contributed by atoms with E-state index in [0.29, 0.717) is 12.3 Å². The zero-order chi connectivity index (χ0) is 14.8. The molecule has 1 aliphatic rings. The van der Waals surface area contributed by atoms with Crippen LogP contribution in [0.15, 0.2) is 24.3 Å². The van der Waals surface area contributed by atoms with Gasteiger partial charge in [0.15, 0.2) is 5.69 Å². The summed E-state index contributed by atoms with van der Waals surface area (Å²) < 4.78 is 5.12. The van der Waals surface area contributed by atoms with E-state index in [1.165, 1.54) is 12.8 Å². The summed E-state index contributed by atoms with van der Waals surface area (Å²) in [4.78, 5) is 14.3. The Kier molecular flexibility index (Phi) is 3.73. The molecule has 0 unspecified atom stereocenters. The van der Waals surface area contributed by atoms with Crippen molar-refractivity contribution >= 4 is 22.6 Å². The van der Waals surface area contributed by atoms with E-state index >= 15 is 0 Å². The molecule has 1 heterocycles. The molecule has 1 aliphatic carbocycles. The molecule has 0 radical (unpaired) electrons. The maximum absolute atomic E-state index is 12.2. The lowest BCUT2D eigenvalue weighted by Gasteiger charge is -2.22. The van der Waals surface area contributed by atoms with Gasteiger partial charge in [0.25, 0.3) is 0 Å².